The Kier molecular flexibility index (Phi) is 28.5. The van der Waals surface area contributed by atoms with Gasteiger partial charge in [0.05, 0.1) is 79.2 Å². The van der Waals surface area contributed by atoms with Crippen molar-refractivity contribution in [2.75, 3.05) is 79.7 Å². The molecule has 0 aliphatic carbocycles. The van der Waals surface area contributed by atoms with Crippen molar-refractivity contribution >= 4 is 69.1 Å². The molecule has 5 rings (SSSR count). The molecule has 5 N–H and O–H groups in total. The molecule has 0 spiro atoms. The number of rotatable bonds is 25. The molecule has 0 fully saturated rings. The quantitative estimate of drug-likeness (QED) is 0.0679. The van der Waals surface area contributed by atoms with Gasteiger partial charge in [-0.2, -0.15) is 12.6 Å². The van der Waals surface area contributed by atoms with Gasteiger partial charge in [0.25, 0.3) is 5.91 Å². The van der Waals surface area contributed by atoms with Gasteiger partial charge in [-0.15, -0.1) is 11.0 Å². The van der Waals surface area contributed by atoms with E-state index in [1.807, 2.05) is 26.0 Å². The number of hydrogen-bond acceptors (Lipinski definition) is 12. The molecule has 0 saturated carbocycles. The standard InChI is InChI=1S/C47H64N8O8.2ClH.Gd.Pt/c1-6-33-34(7-2)38-23-40-36(11-9-15-57)31(4)44(55-40)28-52-42-25-46(63-29-47(58)50-13-12-32(49)26-48)45(62-21-20-61-19-18-60-17-16-59-5)24-41(42)51-27-43-30(3)35(10-8-14-56)39(54-43)22-37(33)53-38;;;;/h22-25,27-28,32,48-49,56-57H,6-21,26,29H2,1-5H3,(H2,50,51,52,53,54,55,58);2*1H;;/q-2;;;;+4/p-3. The van der Waals surface area contributed by atoms with Crippen molar-refractivity contribution in [2.24, 2.45) is 0 Å². The maximum atomic E-state index is 12.9. The van der Waals surface area contributed by atoms with E-state index in [1.165, 1.54) is 0 Å². The number of nitrogens with one attached hydrogen (secondary N) is 3. The average molecular weight is 1290 g/mol. The van der Waals surface area contributed by atoms with Crippen molar-refractivity contribution in [3.05, 3.63) is 82.0 Å². The summed E-state index contributed by atoms with van der Waals surface area (Å²) < 4.78 is 28.6. The molecular weight excluding hydrogens is 1230 g/mol. The number of halogens is 2. The molecule has 1 aromatic carbocycles. The summed E-state index contributed by atoms with van der Waals surface area (Å²) in [6.07, 6.45) is 7.68. The maximum absolute atomic E-state index is 12.9. The van der Waals surface area contributed by atoms with Gasteiger partial charge in [-0.05, 0) is 74.7 Å². The number of benzene rings is 1. The Morgan fingerprint density at radius 2 is 1.25 bits per heavy atom. The Morgan fingerprint density at radius 1 is 0.776 bits per heavy atom. The first-order chi connectivity index (χ1) is 32.1. The molecular formula is C47H63Cl2GdN8O8Pt-. The third kappa shape index (κ3) is 18.0. The number of fused-ring (bicyclic) bond motifs is 7. The van der Waals surface area contributed by atoms with E-state index in [-0.39, 0.29) is 97.7 Å². The Hall–Kier alpha value is -2.48. The Morgan fingerprint density at radius 3 is 1.72 bits per heavy atom. The molecule has 16 nitrogen and oxygen atoms in total. The largest absolute Gasteiger partial charge is 0 e. The minimum absolute atomic E-state index is 0. The molecule has 20 heteroatoms. The van der Waals surface area contributed by atoms with Gasteiger partial charge in [-0.1, -0.05) is 43.5 Å². The smallest absolute Gasteiger partial charge is 0 e. The summed E-state index contributed by atoms with van der Waals surface area (Å²) in [5.74, 6) is 0.176. The van der Waals surface area contributed by atoms with Crippen molar-refractivity contribution < 1.29 is 95.1 Å². The van der Waals surface area contributed by atoms with Crippen LogP contribution in [0.15, 0.2) is 36.7 Å². The predicted octanol–water partition coefficient (Wildman–Crippen LogP) is 8.29. The van der Waals surface area contributed by atoms with E-state index in [2.05, 4.69) is 19.2 Å². The molecule has 1 unspecified atom stereocenters. The normalized spacial score (nSPS) is 12.6. The molecule has 2 aromatic heterocycles. The second-order valence-electron chi connectivity index (χ2n) is 15.2. The van der Waals surface area contributed by atoms with E-state index >= 15 is 0 Å². The molecule has 372 valence electrons. The fraction of sp³-hybridized carbons (Fsp3) is 0.511. The molecule has 1 atom stereocenters. The summed E-state index contributed by atoms with van der Waals surface area (Å²) >= 11 is -0.472. The molecule has 0 radical (unpaired) electrons. The van der Waals surface area contributed by atoms with Crippen LogP contribution in [0, 0.1) is 39.9 Å². The van der Waals surface area contributed by atoms with Gasteiger partial charge in [0.1, 0.15) is 6.61 Å². The second-order valence-corrected chi connectivity index (χ2v) is 18.5. The van der Waals surface area contributed by atoms with Gasteiger partial charge in [-0.25, -0.2) is 9.97 Å². The van der Waals surface area contributed by atoms with E-state index in [0.717, 1.165) is 68.7 Å². The zero-order valence-electron chi connectivity index (χ0n) is 38.8. The number of nitrogens with zero attached hydrogens (tertiary/aromatic N) is 5. The molecule has 0 saturated heterocycles. The van der Waals surface area contributed by atoms with Crippen LogP contribution in [0.25, 0.3) is 55.8 Å². The van der Waals surface area contributed by atoms with Gasteiger partial charge < -0.3 is 55.7 Å². The van der Waals surface area contributed by atoms with E-state index in [0.29, 0.717) is 86.7 Å². The van der Waals surface area contributed by atoms with Crippen LogP contribution in [0.3, 0.4) is 0 Å². The van der Waals surface area contributed by atoms with E-state index in [4.69, 9.17) is 78.9 Å². The summed E-state index contributed by atoms with van der Waals surface area (Å²) in [6, 6.07) is 6.89. The van der Waals surface area contributed by atoms with Crippen molar-refractivity contribution in [3.8, 4) is 11.5 Å². The monoisotopic (exact) mass is 1290 g/mol. The SMILES string of the molecule is CCc1c(CC)c2cc3nc(cnc4cc(OCC(=O)NCCC([NH-])C[NH-])c(OCCOCCOCCOC)cc4ncc4nc(cc1[n-]2)C(CCCO)=C4C)C(C)=C3CCCO.[Cl][Pt+2][Cl].[Gd]. The van der Waals surface area contributed by atoms with Gasteiger partial charge >= 0.3 is 35.3 Å². The van der Waals surface area contributed by atoms with Gasteiger partial charge in [0, 0.05) is 78.9 Å². The topological polar surface area (TPSA) is 229 Å². The zero-order chi connectivity index (χ0) is 47.8. The van der Waals surface area contributed by atoms with Crippen molar-refractivity contribution in [3.63, 3.8) is 0 Å². The first-order valence-corrected chi connectivity index (χ1v) is 27.7. The number of amides is 1. The number of hydrogen-bond donors (Lipinski definition) is 3. The number of aliphatic hydroxyl groups is 2. The van der Waals surface area contributed by atoms with Crippen molar-refractivity contribution in [1.82, 2.24) is 30.2 Å². The average Bonchev–Trinajstić information content (AvgIpc) is 3.91. The Labute approximate surface area is 442 Å². The van der Waals surface area contributed by atoms with Crippen LogP contribution in [0.1, 0.15) is 93.7 Å². The maximum Gasteiger partial charge on any atom is 0 e. The molecule has 6 bridgehead atoms. The first-order valence-electron chi connectivity index (χ1n) is 22.1. The van der Waals surface area contributed by atoms with Crippen LogP contribution < -0.4 is 19.8 Å². The summed E-state index contributed by atoms with van der Waals surface area (Å²) in [5, 5.41) is 22.4. The number of carbonyl (C=O) groups is 1. The number of aryl methyl sites for hydroxylation is 2. The van der Waals surface area contributed by atoms with Crippen LogP contribution in [-0.4, -0.2) is 122 Å². The van der Waals surface area contributed by atoms with Crippen LogP contribution in [0.2, 0.25) is 0 Å². The van der Waals surface area contributed by atoms with Crippen LogP contribution in [0.4, 0.5) is 0 Å². The summed E-state index contributed by atoms with van der Waals surface area (Å²) in [5.41, 5.74) is 26.8. The zero-order valence-corrected chi connectivity index (χ0v) is 44.8. The number of aromatic nitrogens is 5. The first kappa shape index (κ1) is 58.8. The van der Waals surface area contributed by atoms with Crippen LogP contribution in [0.5, 0.6) is 11.5 Å². The Balaban J connectivity index is 0.00000289. The molecule has 3 aromatic rings. The Bertz CT molecular complexity index is 2320. The molecule has 4 heterocycles. The van der Waals surface area contributed by atoms with E-state index in [9.17, 15) is 15.0 Å². The van der Waals surface area contributed by atoms with E-state index in [1.54, 1.807) is 31.6 Å². The predicted molar refractivity (Wildman–Crippen MR) is 258 cm³/mol. The minimum atomic E-state index is -0.585. The molecule has 2 aliphatic heterocycles. The van der Waals surface area contributed by atoms with Crippen LogP contribution >= 0.6 is 18.8 Å². The molecule has 2 aliphatic rings. The summed E-state index contributed by atoms with van der Waals surface area (Å²) in [6.45, 7) is 10.4. The molecule has 67 heavy (non-hydrogen) atoms. The van der Waals surface area contributed by atoms with Gasteiger partial charge in [0.2, 0.25) is 0 Å². The van der Waals surface area contributed by atoms with Gasteiger partial charge in [-0.3, -0.25) is 14.8 Å². The number of allylic oxidation sites excluding steroid dienone is 4. The number of ether oxygens (including phenoxy) is 5. The number of carbonyl (C=O) groups excluding carboxylic acids is 1. The van der Waals surface area contributed by atoms with Crippen LogP contribution in [-0.2, 0) is 48.3 Å². The fourth-order valence-electron chi connectivity index (χ4n) is 7.34. The third-order valence-electron chi connectivity index (χ3n) is 10.8. The van der Waals surface area contributed by atoms with E-state index < -0.39 is 22.5 Å². The number of aliphatic hydroxyl groups excluding tert-OH is 2. The number of methoxy groups -OCH3 is 1. The minimum Gasteiger partial charge on any atom is 0 e. The van der Waals surface area contributed by atoms with Crippen molar-refractivity contribution in [1.29, 1.82) is 0 Å². The summed E-state index contributed by atoms with van der Waals surface area (Å²) in [7, 11) is 11.4. The third-order valence-corrected chi connectivity index (χ3v) is 10.8. The fourth-order valence-corrected chi connectivity index (χ4v) is 7.34. The van der Waals surface area contributed by atoms with Gasteiger partial charge in [0.15, 0.2) is 18.1 Å². The summed E-state index contributed by atoms with van der Waals surface area (Å²) in [4.78, 5) is 38.1. The molecule has 1 amide bonds. The second kappa shape index (κ2) is 32.4. The van der Waals surface area contributed by atoms with Crippen molar-refractivity contribution in [2.45, 2.75) is 78.7 Å².